The van der Waals surface area contributed by atoms with Crippen molar-refractivity contribution in [2.75, 3.05) is 26.9 Å². The van der Waals surface area contributed by atoms with Gasteiger partial charge in [-0.15, -0.1) is 0 Å². The Kier molecular flexibility index (Phi) is 3.88. The minimum Gasteiger partial charge on any atom is -0.376 e. The molecule has 1 heterocycles. The van der Waals surface area contributed by atoms with Crippen molar-refractivity contribution < 1.29 is 13.9 Å². The highest BCUT2D eigenvalue weighted by atomic mass is 19.1. The molecule has 3 nitrogen and oxygen atoms in total. The standard InChI is InChI=1S/C12H16FNO2/c1-14-12(11-8-15-6-7-16-11)9-2-4-10(13)5-3-9/h2-5,11-12,14H,6-8H2,1H3. The van der Waals surface area contributed by atoms with Crippen LogP contribution in [-0.4, -0.2) is 33.0 Å². The van der Waals surface area contributed by atoms with Crippen molar-refractivity contribution in [1.29, 1.82) is 0 Å². The zero-order valence-electron chi connectivity index (χ0n) is 9.28. The van der Waals surface area contributed by atoms with Crippen LogP contribution in [0.25, 0.3) is 0 Å². The van der Waals surface area contributed by atoms with E-state index in [0.717, 1.165) is 5.56 Å². The molecular formula is C12H16FNO2. The molecule has 1 aliphatic rings. The van der Waals surface area contributed by atoms with Gasteiger partial charge in [0.05, 0.1) is 25.9 Å². The number of hydrogen-bond acceptors (Lipinski definition) is 3. The first-order chi connectivity index (χ1) is 7.81. The molecule has 88 valence electrons. The van der Waals surface area contributed by atoms with Crippen LogP contribution in [0.4, 0.5) is 4.39 Å². The van der Waals surface area contributed by atoms with Crippen molar-refractivity contribution in [3.8, 4) is 0 Å². The lowest BCUT2D eigenvalue weighted by atomic mass is 10.0. The van der Waals surface area contributed by atoms with Gasteiger partial charge in [0.25, 0.3) is 0 Å². The first kappa shape index (κ1) is 11.5. The van der Waals surface area contributed by atoms with Crippen LogP contribution >= 0.6 is 0 Å². The lowest BCUT2D eigenvalue weighted by Crippen LogP contribution is -2.39. The Balaban J connectivity index is 2.11. The third-order valence-corrected chi connectivity index (χ3v) is 2.75. The van der Waals surface area contributed by atoms with E-state index >= 15 is 0 Å². The molecule has 2 unspecified atom stereocenters. The Hall–Kier alpha value is -0.970. The van der Waals surface area contributed by atoms with Crippen LogP contribution in [0, 0.1) is 5.82 Å². The number of halogens is 1. The van der Waals surface area contributed by atoms with Gasteiger partial charge in [-0.05, 0) is 24.7 Å². The minimum absolute atomic E-state index is 0.00999. The molecule has 2 rings (SSSR count). The Morgan fingerprint density at radius 2 is 2.06 bits per heavy atom. The van der Waals surface area contributed by atoms with Crippen molar-refractivity contribution in [2.24, 2.45) is 0 Å². The predicted octanol–water partition coefficient (Wildman–Crippen LogP) is 1.50. The topological polar surface area (TPSA) is 30.5 Å². The van der Waals surface area contributed by atoms with Crippen LogP contribution in [0.3, 0.4) is 0 Å². The second kappa shape index (κ2) is 5.39. The summed E-state index contributed by atoms with van der Waals surface area (Å²) >= 11 is 0. The third kappa shape index (κ3) is 2.58. The van der Waals surface area contributed by atoms with Crippen LogP contribution in [0.1, 0.15) is 11.6 Å². The molecule has 0 radical (unpaired) electrons. The predicted molar refractivity (Wildman–Crippen MR) is 58.8 cm³/mol. The maximum Gasteiger partial charge on any atom is 0.123 e. The van der Waals surface area contributed by atoms with Crippen LogP contribution in [0.2, 0.25) is 0 Å². The molecule has 1 aliphatic heterocycles. The molecule has 0 aromatic heterocycles. The van der Waals surface area contributed by atoms with Gasteiger partial charge in [-0.25, -0.2) is 4.39 Å². The Morgan fingerprint density at radius 3 is 2.62 bits per heavy atom. The largest absolute Gasteiger partial charge is 0.376 e. The van der Waals surface area contributed by atoms with Gasteiger partial charge in [-0.3, -0.25) is 0 Å². The Labute approximate surface area is 94.6 Å². The summed E-state index contributed by atoms with van der Waals surface area (Å²) in [6.45, 7) is 1.84. The monoisotopic (exact) mass is 225 g/mol. The molecule has 1 saturated heterocycles. The summed E-state index contributed by atoms with van der Waals surface area (Å²) in [4.78, 5) is 0. The average molecular weight is 225 g/mol. The summed E-state index contributed by atoms with van der Waals surface area (Å²) in [5, 5.41) is 3.18. The summed E-state index contributed by atoms with van der Waals surface area (Å²) in [5.41, 5.74) is 1.01. The van der Waals surface area contributed by atoms with E-state index in [1.807, 2.05) is 7.05 Å². The van der Waals surface area contributed by atoms with Gasteiger partial charge in [0, 0.05) is 0 Å². The van der Waals surface area contributed by atoms with Crippen molar-refractivity contribution in [3.05, 3.63) is 35.6 Å². The number of ether oxygens (including phenoxy) is 2. The van der Waals surface area contributed by atoms with Crippen LogP contribution < -0.4 is 5.32 Å². The number of rotatable bonds is 3. The molecule has 0 aliphatic carbocycles. The van der Waals surface area contributed by atoms with E-state index in [1.54, 1.807) is 12.1 Å². The molecule has 0 amide bonds. The van der Waals surface area contributed by atoms with Crippen molar-refractivity contribution in [3.63, 3.8) is 0 Å². The first-order valence-electron chi connectivity index (χ1n) is 5.43. The number of benzene rings is 1. The fraction of sp³-hybridized carbons (Fsp3) is 0.500. The second-order valence-electron chi connectivity index (χ2n) is 3.80. The van der Waals surface area contributed by atoms with Gasteiger partial charge in [-0.1, -0.05) is 12.1 Å². The van der Waals surface area contributed by atoms with Crippen LogP contribution in [-0.2, 0) is 9.47 Å². The smallest absolute Gasteiger partial charge is 0.123 e. The number of hydrogen-bond donors (Lipinski definition) is 1. The van der Waals surface area contributed by atoms with E-state index in [4.69, 9.17) is 9.47 Å². The second-order valence-corrected chi connectivity index (χ2v) is 3.80. The maximum absolute atomic E-state index is 12.8. The lowest BCUT2D eigenvalue weighted by Gasteiger charge is -2.30. The zero-order valence-corrected chi connectivity index (χ0v) is 9.28. The van der Waals surface area contributed by atoms with Crippen molar-refractivity contribution in [1.82, 2.24) is 5.32 Å². The van der Waals surface area contributed by atoms with Gasteiger partial charge >= 0.3 is 0 Å². The zero-order chi connectivity index (χ0) is 11.4. The first-order valence-corrected chi connectivity index (χ1v) is 5.43. The van der Waals surface area contributed by atoms with E-state index in [1.165, 1.54) is 12.1 Å². The van der Waals surface area contributed by atoms with Crippen molar-refractivity contribution >= 4 is 0 Å². The van der Waals surface area contributed by atoms with E-state index in [2.05, 4.69) is 5.32 Å². The highest BCUT2D eigenvalue weighted by Gasteiger charge is 2.25. The molecule has 0 bridgehead atoms. The molecule has 0 saturated carbocycles. The van der Waals surface area contributed by atoms with E-state index in [0.29, 0.717) is 19.8 Å². The maximum atomic E-state index is 12.8. The van der Waals surface area contributed by atoms with Gasteiger partial charge in [0.15, 0.2) is 0 Å². The molecule has 1 N–H and O–H groups in total. The van der Waals surface area contributed by atoms with Crippen LogP contribution in [0.15, 0.2) is 24.3 Å². The minimum atomic E-state index is -0.223. The molecule has 4 heteroatoms. The fourth-order valence-electron chi connectivity index (χ4n) is 1.94. The Morgan fingerprint density at radius 1 is 1.31 bits per heavy atom. The van der Waals surface area contributed by atoms with Crippen molar-refractivity contribution in [2.45, 2.75) is 12.1 Å². The van der Waals surface area contributed by atoms with Crippen LogP contribution in [0.5, 0.6) is 0 Å². The van der Waals surface area contributed by atoms with E-state index in [-0.39, 0.29) is 18.0 Å². The third-order valence-electron chi connectivity index (χ3n) is 2.75. The summed E-state index contributed by atoms with van der Waals surface area (Å²) in [5.74, 6) is -0.223. The molecule has 1 fully saturated rings. The summed E-state index contributed by atoms with van der Waals surface area (Å²) in [6, 6.07) is 6.51. The van der Waals surface area contributed by atoms with Gasteiger partial charge in [-0.2, -0.15) is 0 Å². The average Bonchev–Trinajstić information content (AvgIpc) is 2.34. The lowest BCUT2D eigenvalue weighted by molar-refractivity contribution is -0.101. The molecule has 1 aromatic rings. The highest BCUT2D eigenvalue weighted by Crippen LogP contribution is 2.21. The SMILES string of the molecule is CNC(c1ccc(F)cc1)C1COCCO1. The van der Waals surface area contributed by atoms with Gasteiger partial charge in [0.2, 0.25) is 0 Å². The van der Waals surface area contributed by atoms with E-state index in [9.17, 15) is 4.39 Å². The Bertz CT molecular complexity index is 322. The summed E-state index contributed by atoms with van der Waals surface area (Å²) in [7, 11) is 1.87. The number of likely N-dealkylation sites (N-methyl/N-ethyl adjacent to an activating group) is 1. The molecule has 0 spiro atoms. The van der Waals surface area contributed by atoms with E-state index < -0.39 is 0 Å². The quantitative estimate of drug-likeness (QED) is 0.845. The molecular weight excluding hydrogens is 209 g/mol. The highest BCUT2D eigenvalue weighted by molar-refractivity contribution is 5.21. The molecule has 1 aromatic carbocycles. The van der Waals surface area contributed by atoms with Gasteiger partial charge in [0.1, 0.15) is 11.9 Å². The summed E-state index contributed by atoms with van der Waals surface area (Å²) in [6.07, 6.45) is -0.00999. The summed E-state index contributed by atoms with van der Waals surface area (Å²) < 4.78 is 23.8. The molecule has 16 heavy (non-hydrogen) atoms. The normalized spacial score (nSPS) is 23.0. The van der Waals surface area contributed by atoms with Gasteiger partial charge < -0.3 is 14.8 Å². The molecule has 2 atom stereocenters. The fourth-order valence-corrected chi connectivity index (χ4v) is 1.94. The number of nitrogens with one attached hydrogen (secondary N) is 1.